The normalized spacial score (nSPS) is 18.5. The Morgan fingerprint density at radius 2 is 2.10 bits per heavy atom. The van der Waals surface area contributed by atoms with Gasteiger partial charge in [0.25, 0.3) is 0 Å². The lowest BCUT2D eigenvalue weighted by Gasteiger charge is -2.27. The Balaban J connectivity index is 2.03. The monoisotopic (exact) mass is 290 g/mol. The zero-order valence-corrected chi connectivity index (χ0v) is 12.9. The van der Waals surface area contributed by atoms with Gasteiger partial charge in [0.05, 0.1) is 12.5 Å². The summed E-state index contributed by atoms with van der Waals surface area (Å²) in [4.78, 5) is 14.5. The van der Waals surface area contributed by atoms with E-state index in [2.05, 4.69) is 6.92 Å². The highest BCUT2D eigenvalue weighted by molar-refractivity contribution is 5.93. The summed E-state index contributed by atoms with van der Waals surface area (Å²) >= 11 is 0. The number of nitrogens with zero attached hydrogens (tertiary/aromatic N) is 1. The standard InChI is InChI=1S/C17H26N2O2/c1-2-10-19(15-8-6-14(13-18)7-9-15)17(20)12-16-5-3-4-11-21-16/h6-9,16H,2-5,10-13,18H2,1H3. The van der Waals surface area contributed by atoms with Crippen LogP contribution in [-0.2, 0) is 16.1 Å². The molecular formula is C17H26N2O2. The van der Waals surface area contributed by atoms with Crippen LogP contribution in [0.4, 0.5) is 5.69 Å². The van der Waals surface area contributed by atoms with E-state index in [4.69, 9.17) is 10.5 Å². The van der Waals surface area contributed by atoms with Crippen LogP contribution >= 0.6 is 0 Å². The number of carbonyl (C=O) groups excluding carboxylic acids is 1. The first-order chi connectivity index (χ1) is 10.2. The van der Waals surface area contributed by atoms with E-state index in [-0.39, 0.29) is 12.0 Å². The first-order valence-corrected chi connectivity index (χ1v) is 7.95. The fourth-order valence-corrected chi connectivity index (χ4v) is 2.71. The van der Waals surface area contributed by atoms with E-state index in [0.717, 1.165) is 50.1 Å². The molecule has 0 spiro atoms. The van der Waals surface area contributed by atoms with Crippen molar-refractivity contribution in [2.24, 2.45) is 5.73 Å². The second-order valence-corrected chi connectivity index (χ2v) is 5.61. The third-order valence-electron chi connectivity index (χ3n) is 3.91. The average Bonchev–Trinajstić information content (AvgIpc) is 2.53. The van der Waals surface area contributed by atoms with Gasteiger partial charge in [0.15, 0.2) is 0 Å². The smallest absolute Gasteiger partial charge is 0.229 e. The molecule has 1 aliphatic rings. The van der Waals surface area contributed by atoms with Crippen LogP contribution in [0.3, 0.4) is 0 Å². The van der Waals surface area contributed by atoms with Crippen LogP contribution < -0.4 is 10.6 Å². The number of hydrogen-bond donors (Lipinski definition) is 1. The number of amides is 1. The molecule has 2 N–H and O–H groups in total. The maximum absolute atomic E-state index is 12.6. The summed E-state index contributed by atoms with van der Waals surface area (Å²) in [6.07, 6.45) is 4.79. The van der Waals surface area contributed by atoms with Crippen molar-refractivity contribution in [1.82, 2.24) is 0 Å². The van der Waals surface area contributed by atoms with Crippen LogP contribution in [0.1, 0.15) is 44.6 Å². The van der Waals surface area contributed by atoms with Crippen molar-refractivity contribution in [3.63, 3.8) is 0 Å². The van der Waals surface area contributed by atoms with Gasteiger partial charge in [-0.1, -0.05) is 19.1 Å². The molecule has 4 heteroatoms. The number of ether oxygens (including phenoxy) is 1. The highest BCUT2D eigenvalue weighted by atomic mass is 16.5. The first kappa shape index (κ1) is 16.0. The Kier molecular flexibility index (Phi) is 6.21. The molecule has 1 aliphatic heterocycles. The van der Waals surface area contributed by atoms with Gasteiger partial charge in [-0.2, -0.15) is 0 Å². The molecule has 0 aromatic heterocycles. The van der Waals surface area contributed by atoms with Crippen molar-refractivity contribution in [3.8, 4) is 0 Å². The number of nitrogens with two attached hydrogens (primary N) is 1. The lowest BCUT2D eigenvalue weighted by molar-refractivity contribution is -0.122. The predicted octanol–water partition coefficient (Wildman–Crippen LogP) is 2.85. The van der Waals surface area contributed by atoms with Crippen molar-refractivity contribution in [2.75, 3.05) is 18.1 Å². The van der Waals surface area contributed by atoms with Crippen molar-refractivity contribution in [1.29, 1.82) is 0 Å². The second kappa shape index (κ2) is 8.15. The Bertz CT molecular complexity index is 439. The van der Waals surface area contributed by atoms with E-state index in [0.29, 0.717) is 13.0 Å². The van der Waals surface area contributed by atoms with Crippen LogP contribution in [0.25, 0.3) is 0 Å². The quantitative estimate of drug-likeness (QED) is 0.876. The third kappa shape index (κ3) is 4.55. The van der Waals surface area contributed by atoms with Crippen LogP contribution in [0, 0.1) is 0 Å². The van der Waals surface area contributed by atoms with E-state index in [9.17, 15) is 4.79 Å². The van der Waals surface area contributed by atoms with Gasteiger partial charge in [-0.3, -0.25) is 4.79 Å². The molecular weight excluding hydrogens is 264 g/mol. The molecule has 1 heterocycles. The molecule has 0 aliphatic carbocycles. The van der Waals surface area contributed by atoms with Crippen LogP contribution in [-0.4, -0.2) is 25.2 Å². The third-order valence-corrected chi connectivity index (χ3v) is 3.91. The molecule has 1 aromatic carbocycles. The summed E-state index contributed by atoms with van der Waals surface area (Å²) in [5.74, 6) is 0.157. The number of benzene rings is 1. The zero-order chi connectivity index (χ0) is 15.1. The predicted molar refractivity (Wildman–Crippen MR) is 85.2 cm³/mol. The van der Waals surface area contributed by atoms with Gasteiger partial charge >= 0.3 is 0 Å². The summed E-state index contributed by atoms with van der Waals surface area (Å²) in [6, 6.07) is 7.94. The van der Waals surface area contributed by atoms with E-state index in [1.807, 2.05) is 29.2 Å². The van der Waals surface area contributed by atoms with Gasteiger partial charge in [0.1, 0.15) is 0 Å². The van der Waals surface area contributed by atoms with Crippen molar-refractivity contribution in [2.45, 2.75) is 51.7 Å². The Morgan fingerprint density at radius 1 is 1.33 bits per heavy atom. The fourth-order valence-electron chi connectivity index (χ4n) is 2.71. The molecule has 2 rings (SSSR count). The summed E-state index contributed by atoms with van der Waals surface area (Å²) < 4.78 is 5.69. The maximum atomic E-state index is 12.6. The van der Waals surface area contributed by atoms with Crippen molar-refractivity contribution < 1.29 is 9.53 Å². The molecule has 1 aromatic rings. The molecule has 1 fully saturated rings. The Labute approximate surface area is 127 Å². The Morgan fingerprint density at radius 3 is 2.67 bits per heavy atom. The van der Waals surface area contributed by atoms with E-state index < -0.39 is 0 Å². The minimum atomic E-state index is 0.0916. The maximum Gasteiger partial charge on any atom is 0.229 e. The largest absolute Gasteiger partial charge is 0.378 e. The topological polar surface area (TPSA) is 55.6 Å². The molecule has 1 saturated heterocycles. The highest BCUT2D eigenvalue weighted by Crippen LogP contribution is 2.21. The number of carbonyl (C=O) groups is 1. The van der Waals surface area contributed by atoms with E-state index in [1.54, 1.807) is 0 Å². The summed E-state index contributed by atoms with van der Waals surface area (Å²) in [5.41, 5.74) is 7.66. The van der Waals surface area contributed by atoms with Gasteiger partial charge < -0.3 is 15.4 Å². The molecule has 4 nitrogen and oxygen atoms in total. The minimum absolute atomic E-state index is 0.0916. The highest BCUT2D eigenvalue weighted by Gasteiger charge is 2.22. The fraction of sp³-hybridized carbons (Fsp3) is 0.588. The molecule has 0 saturated carbocycles. The SMILES string of the molecule is CCCN(C(=O)CC1CCCCO1)c1ccc(CN)cc1. The van der Waals surface area contributed by atoms with Crippen LogP contribution in [0.15, 0.2) is 24.3 Å². The van der Waals surface area contributed by atoms with E-state index in [1.165, 1.54) is 0 Å². The molecule has 116 valence electrons. The number of rotatable bonds is 6. The Hall–Kier alpha value is -1.39. The molecule has 0 radical (unpaired) electrons. The lowest BCUT2D eigenvalue weighted by Crippen LogP contribution is -2.35. The van der Waals surface area contributed by atoms with E-state index >= 15 is 0 Å². The second-order valence-electron chi connectivity index (χ2n) is 5.61. The van der Waals surface area contributed by atoms with Crippen LogP contribution in [0.2, 0.25) is 0 Å². The van der Waals surface area contributed by atoms with Gasteiger partial charge in [0, 0.05) is 25.4 Å². The molecule has 1 amide bonds. The molecule has 21 heavy (non-hydrogen) atoms. The van der Waals surface area contributed by atoms with Gasteiger partial charge in [0.2, 0.25) is 5.91 Å². The number of anilines is 1. The first-order valence-electron chi connectivity index (χ1n) is 7.95. The summed E-state index contributed by atoms with van der Waals surface area (Å²) in [5, 5.41) is 0. The summed E-state index contributed by atoms with van der Waals surface area (Å²) in [7, 11) is 0. The minimum Gasteiger partial charge on any atom is -0.378 e. The van der Waals surface area contributed by atoms with Crippen molar-refractivity contribution >= 4 is 11.6 Å². The van der Waals surface area contributed by atoms with Crippen molar-refractivity contribution in [3.05, 3.63) is 29.8 Å². The zero-order valence-electron chi connectivity index (χ0n) is 12.9. The number of hydrogen-bond acceptors (Lipinski definition) is 3. The molecule has 0 bridgehead atoms. The van der Waals surface area contributed by atoms with Gasteiger partial charge in [-0.15, -0.1) is 0 Å². The molecule has 1 unspecified atom stereocenters. The lowest BCUT2D eigenvalue weighted by atomic mass is 10.1. The van der Waals surface area contributed by atoms with Gasteiger partial charge in [-0.05, 0) is 43.4 Å². The average molecular weight is 290 g/mol. The van der Waals surface area contributed by atoms with Crippen LogP contribution in [0.5, 0.6) is 0 Å². The van der Waals surface area contributed by atoms with Gasteiger partial charge in [-0.25, -0.2) is 0 Å². The molecule has 1 atom stereocenters. The summed E-state index contributed by atoms with van der Waals surface area (Å²) in [6.45, 7) is 4.15.